The van der Waals surface area contributed by atoms with Crippen molar-refractivity contribution in [2.24, 2.45) is 0 Å². The normalized spacial score (nSPS) is 11.2. The highest BCUT2D eigenvalue weighted by molar-refractivity contribution is 7.89. The van der Waals surface area contributed by atoms with Crippen molar-refractivity contribution < 1.29 is 21.6 Å². The predicted octanol–water partition coefficient (Wildman–Crippen LogP) is 1.41. The Morgan fingerprint density at radius 1 is 1.11 bits per heavy atom. The average molecular weight is 319 g/mol. The van der Waals surface area contributed by atoms with E-state index in [4.69, 9.17) is 0 Å². The van der Waals surface area contributed by atoms with Crippen LogP contribution in [0.4, 0.5) is 13.2 Å². The van der Waals surface area contributed by atoms with Crippen LogP contribution in [0.25, 0.3) is 0 Å². The molecule has 4 nitrogen and oxygen atoms in total. The first-order valence-corrected chi connectivity index (χ1v) is 6.71. The van der Waals surface area contributed by atoms with Gasteiger partial charge in [0, 0.05) is 13.1 Å². The van der Waals surface area contributed by atoms with E-state index in [-0.39, 0.29) is 19.0 Å². The summed E-state index contributed by atoms with van der Waals surface area (Å²) in [6, 6.07) is 0.877. The summed E-state index contributed by atoms with van der Waals surface area (Å²) in [7, 11) is -4.04. The summed E-state index contributed by atoms with van der Waals surface area (Å²) < 4.78 is 63.8. The zero-order chi connectivity index (χ0) is 13.8. The van der Waals surface area contributed by atoms with Crippen LogP contribution in [0.15, 0.2) is 17.0 Å². The van der Waals surface area contributed by atoms with Crippen molar-refractivity contribution in [2.75, 3.05) is 19.6 Å². The molecule has 1 aromatic rings. The maximum atomic E-state index is 12.9. The monoisotopic (exact) mass is 318 g/mol. The smallest absolute Gasteiger partial charge is 0.240 e. The molecule has 1 aromatic carbocycles. The molecule has 0 unspecified atom stereocenters. The molecule has 19 heavy (non-hydrogen) atoms. The van der Waals surface area contributed by atoms with Crippen molar-refractivity contribution in [3.05, 3.63) is 29.6 Å². The van der Waals surface area contributed by atoms with Crippen LogP contribution in [0.2, 0.25) is 0 Å². The van der Waals surface area contributed by atoms with Crippen LogP contribution in [-0.2, 0) is 10.0 Å². The van der Waals surface area contributed by atoms with Crippen LogP contribution in [0.1, 0.15) is 6.92 Å². The Bertz CT molecular complexity index is 503. The summed E-state index contributed by atoms with van der Waals surface area (Å²) in [6.07, 6.45) is 0. The van der Waals surface area contributed by atoms with Crippen LogP contribution in [0, 0.1) is 17.5 Å². The third kappa shape index (κ3) is 4.98. The first-order chi connectivity index (χ1) is 8.38. The van der Waals surface area contributed by atoms with Gasteiger partial charge in [0.05, 0.1) is 4.90 Å². The molecule has 1 rings (SSSR count). The average Bonchev–Trinajstić information content (AvgIpc) is 2.31. The maximum Gasteiger partial charge on any atom is 0.240 e. The van der Waals surface area contributed by atoms with E-state index in [1.807, 2.05) is 6.92 Å². The van der Waals surface area contributed by atoms with Gasteiger partial charge in [-0.1, -0.05) is 6.92 Å². The summed E-state index contributed by atoms with van der Waals surface area (Å²) in [5.41, 5.74) is 0. The lowest BCUT2D eigenvalue weighted by molar-refractivity contribution is 0.442. The summed E-state index contributed by atoms with van der Waals surface area (Å²) in [4.78, 5) is -0.643. The lowest BCUT2D eigenvalue weighted by Gasteiger charge is -2.07. The molecular weight excluding hydrogens is 305 g/mol. The molecule has 0 amide bonds. The van der Waals surface area contributed by atoms with Gasteiger partial charge in [-0.05, 0) is 18.7 Å². The molecular formula is C10H14ClF3N2O2S. The predicted molar refractivity (Wildman–Crippen MR) is 67.3 cm³/mol. The minimum atomic E-state index is -4.04. The molecule has 110 valence electrons. The van der Waals surface area contributed by atoms with E-state index >= 15 is 0 Å². The SMILES string of the molecule is CCNCCNS(=O)(=O)c1cc(F)c(F)c(F)c1.Cl. The van der Waals surface area contributed by atoms with Crippen LogP contribution < -0.4 is 10.0 Å². The molecule has 0 aliphatic heterocycles. The molecule has 9 heteroatoms. The first kappa shape index (κ1) is 18.2. The zero-order valence-corrected chi connectivity index (χ0v) is 11.7. The molecule has 0 bridgehead atoms. The number of rotatable bonds is 6. The van der Waals surface area contributed by atoms with Gasteiger partial charge in [-0.3, -0.25) is 0 Å². The van der Waals surface area contributed by atoms with Gasteiger partial charge in [0.2, 0.25) is 10.0 Å². The lowest BCUT2D eigenvalue weighted by Crippen LogP contribution is -2.32. The number of hydrogen-bond donors (Lipinski definition) is 2. The fourth-order valence-electron chi connectivity index (χ4n) is 1.22. The third-order valence-electron chi connectivity index (χ3n) is 2.11. The standard InChI is InChI=1S/C10H13F3N2O2S.ClH/c1-2-14-3-4-15-18(16,17)7-5-8(11)10(13)9(12)6-7;/h5-6,14-15H,2-4H2,1H3;1H. The van der Waals surface area contributed by atoms with Gasteiger partial charge < -0.3 is 5.32 Å². The van der Waals surface area contributed by atoms with Gasteiger partial charge in [-0.2, -0.15) is 0 Å². The molecule has 0 radical (unpaired) electrons. The number of nitrogens with one attached hydrogen (secondary N) is 2. The topological polar surface area (TPSA) is 58.2 Å². The Kier molecular flexibility index (Phi) is 7.35. The number of hydrogen-bond acceptors (Lipinski definition) is 3. The molecule has 0 heterocycles. The van der Waals surface area contributed by atoms with Crippen LogP contribution in [0.5, 0.6) is 0 Å². The van der Waals surface area contributed by atoms with Gasteiger partial charge in [-0.15, -0.1) is 12.4 Å². The highest BCUT2D eigenvalue weighted by Crippen LogP contribution is 2.17. The van der Waals surface area contributed by atoms with Crippen molar-refractivity contribution in [1.29, 1.82) is 0 Å². The third-order valence-corrected chi connectivity index (χ3v) is 3.55. The molecule has 0 saturated heterocycles. The van der Waals surface area contributed by atoms with Gasteiger partial charge in [0.1, 0.15) is 0 Å². The summed E-state index contributed by atoms with van der Waals surface area (Å²) in [5.74, 6) is -4.77. The molecule has 0 aliphatic rings. The van der Waals surface area contributed by atoms with Crippen molar-refractivity contribution in [3.8, 4) is 0 Å². The Morgan fingerprint density at radius 3 is 2.11 bits per heavy atom. The van der Waals surface area contributed by atoms with Gasteiger partial charge in [-0.25, -0.2) is 26.3 Å². The molecule has 0 aromatic heterocycles. The Balaban J connectivity index is 0.00000324. The molecule has 2 N–H and O–H groups in total. The maximum absolute atomic E-state index is 12.9. The minimum Gasteiger partial charge on any atom is -0.316 e. The highest BCUT2D eigenvalue weighted by atomic mass is 35.5. The summed E-state index contributed by atoms with van der Waals surface area (Å²) >= 11 is 0. The minimum absolute atomic E-state index is 0. The fourth-order valence-corrected chi connectivity index (χ4v) is 2.28. The van der Waals surface area contributed by atoms with E-state index in [2.05, 4.69) is 10.0 Å². The number of halogens is 4. The summed E-state index contributed by atoms with van der Waals surface area (Å²) in [5, 5.41) is 2.87. The van der Waals surface area contributed by atoms with Gasteiger partial charge in [0.15, 0.2) is 17.5 Å². The molecule has 0 saturated carbocycles. The first-order valence-electron chi connectivity index (χ1n) is 5.23. The Hall–Kier alpha value is -0.830. The van der Waals surface area contributed by atoms with E-state index in [9.17, 15) is 21.6 Å². The molecule has 0 aliphatic carbocycles. The van der Waals surface area contributed by atoms with Crippen LogP contribution >= 0.6 is 12.4 Å². The van der Waals surface area contributed by atoms with Crippen molar-refractivity contribution in [3.63, 3.8) is 0 Å². The van der Waals surface area contributed by atoms with Crippen molar-refractivity contribution in [1.82, 2.24) is 10.0 Å². The highest BCUT2D eigenvalue weighted by Gasteiger charge is 2.19. The van der Waals surface area contributed by atoms with E-state index in [1.165, 1.54) is 0 Å². The Morgan fingerprint density at radius 2 is 1.63 bits per heavy atom. The largest absolute Gasteiger partial charge is 0.316 e. The number of likely N-dealkylation sites (N-methyl/N-ethyl adjacent to an activating group) is 1. The van der Waals surface area contributed by atoms with Crippen LogP contribution in [-0.4, -0.2) is 28.1 Å². The van der Waals surface area contributed by atoms with E-state index in [1.54, 1.807) is 0 Å². The van der Waals surface area contributed by atoms with Crippen molar-refractivity contribution >= 4 is 22.4 Å². The zero-order valence-electron chi connectivity index (χ0n) is 10.0. The van der Waals surface area contributed by atoms with Crippen molar-refractivity contribution in [2.45, 2.75) is 11.8 Å². The Labute approximate surface area is 115 Å². The van der Waals surface area contributed by atoms with E-state index in [0.29, 0.717) is 25.2 Å². The molecule has 0 fully saturated rings. The lowest BCUT2D eigenvalue weighted by atomic mass is 10.3. The second kappa shape index (κ2) is 7.68. The van der Waals surface area contributed by atoms with E-state index < -0.39 is 32.4 Å². The van der Waals surface area contributed by atoms with Gasteiger partial charge >= 0.3 is 0 Å². The van der Waals surface area contributed by atoms with Crippen LogP contribution in [0.3, 0.4) is 0 Å². The molecule has 0 spiro atoms. The van der Waals surface area contributed by atoms with Gasteiger partial charge in [0.25, 0.3) is 0 Å². The second-order valence-electron chi connectivity index (χ2n) is 3.45. The quantitative estimate of drug-likeness (QED) is 0.616. The number of benzene rings is 1. The second-order valence-corrected chi connectivity index (χ2v) is 5.22. The molecule has 0 atom stereocenters. The van der Waals surface area contributed by atoms with E-state index in [0.717, 1.165) is 0 Å². The number of sulfonamides is 1. The fraction of sp³-hybridized carbons (Fsp3) is 0.400. The summed E-state index contributed by atoms with van der Waals surface area (Å²) in [6.45, 7) is 2.96.